The highest BCUT2D eigenvalue weighted by molar-refractivity contribution is 6.06. The van der Waals surface area contributed by atoms with Gasteiger partial charge in [-0.25, -0.2) is 0 Å². The SMILES string of the molecule is N#Cc1ccc(C(=O)C=Cc2ccc(-c3ccccc3)cc2)cc1. The van der Waals surface area contributed by atoms with Crippen LogP contribution in [0.5, 0.6) is 0 Å². The van der Waals surface area contributed by atoms with Crippen molar-refractivity contribution in [2.24, 2.45) is 0 Å². The van der Waals surface area contributed by atoms with Crippen LogP contribution in [-0.4, -0.2) is 5.78 Å². The molecule has 0 fully saturated rings. The number of carbonyl (C=O) groups excluding carboxylic acids is 1. The lowest BCUT2D eigenvalue weighted by atomic mass is 10.0. The van der Waals surface area contributed by atoms with Crippen LogP contribution in [0.15, 0.2) is 84.9 Å². The summed E-state index contributed by atoms with van der Waals surface area (Å²) in [6.07, 6.45) is 3.36. The fraction of sp³-hybridized carbons (Fsp3) is 0. The maximum absolute atomic E-state index is 12.1. The van der Waals surface area contributed by atoms with E-state index in [4.69, 9.17) is 5.26 Å². The molecule has 0 spiro atoms. The molecule has 3 aromatic rings. The van der Waals surface area contributed by atoms with Gasteiger partial charge in [0.2, 0.25) is 0 Å². The van der Waals surface area contributed by atoms with Crippen molar-refractivity contribution in [2.75, 3.05) is 0 Å². The van der Waals surface area contributed by atoms with Crippen LogP contribution < -0.4 is 0 Å². The molecule has 0 N–H and O–H groups in total. The summed E-state index contributed by atoms with van der Waals surface area (Å²) in [5.74, 6) is -0.0772. The van der Waals surface area contributed by atoms with Gasteiger partial charge in [0.25, 0.3) is 0 Å². The predicted octanol–water partition coefficient (Wildman–Crippen LogP) is 5.12. The second-order valence-electron chi connectivity index (χ2n) is 5.37. The Morgan fingerprint density at radius 2 is 1.42 bits per heavy atom. The van der Waals surface area contributed by atoms with Crippen molar-refractivity contribution in [3.05, 3.63) is 102 Å². The number of allylic oxidation sites excluding steroid dienone is 1. The van der Waals surface area contributed by atoms with Gasteiger partial charge in [-0.3, -0.25) is 4.79 Å². The molecule has 2 heteroatoms. The van der Waals surface area contributed by atoms with Crippen LogP contribution in [-0.2, 0) is 0 Å². The van der Waals surface area contributed by atoms with Crippen molar-refractivity contribution < 1.29 is 4.79 Å². The van der Waals surface area contributed by atoms with E-state index < -0.39 is 0 Å². The van der Waals surface area contributed by atoms with Crippen LogP contribution >= 0.6 is 0 Å². The molecule has 3 aromatic carbocycles. The van der Waals surface area contributed by atoms with E-state index in [1.165, 1.54) is 5.56 Å². The van der Waals surface area contributed by atoms with Crippen LogP contribution in [0, 0.1) is 11.3 Å². The summed E-state index contributed by atoms with van der Waals surface area (Å²) in [6.45, 7) is 0. The summed E-state index contributed by atoms with van der Waals surface area (Å²) in [7, 11) is 0. The van der Waals surface area contributed by atoms with Crippen molar-refractivity contribution in [1.29, 1.82) is 5.26 Å². The Bertz CT molecular complexity index is 899. The van der Waals surface area contributed by atoms with Gasteiger partial charge in [-0.1, -0.05) is 60.7 Å². The van der Waals surface area contributed by atoms with Crippen LogP contribution in [0.2, 0.25) is 0 Å². The standard InChI is InChI=1S/C22H15NO/c23-16-18-8-13-21(14-9-18)22(24)15-10-17-6-11-20(12-7-17)19-4-2-1-3-5-19/h1-15H. The highest BCUT2D eigenvalue weighted by atomic mass is 16.1. The molecule has 0 radical (unpaired) electrons. The Balaban J connectivity index is 1.72. The minimum Gasteiger partial charge on any atom is -0.289 e. The molecular formula is C22H15NO. The Morgan fingerprint density at radius 1 is 0.792 bits per heavy atom. The molecule has 24 heavy (non-hydrogen) atoms. The molecule has 0 amide bonds. The fourth-order valence-electron chi connectivity index (χ4n) is 2.39. The van der Waals surface area contributed by atoms with Crippen molar-refractivity contribution >= 4 is 11.9 Å². The zero-order valence-electron chi connectivity index (χ0n) is 13.0. The van der Waals surface area contributed by atoms with E-state index in [9.17, 15) is 4.79 Å². The van der Waals surface area contributed by atoms with Crippen LogP contribution in [0.4, 0.5) is 0 Å². The van der Waals surface area contributed by atoms with Gasteiger partial charge in [-0.15, -0.1) is 0 Å². The molecule has 2 nitrogen and oxygen atoms in total. The molecule has 0 heterocycles. The quantitative estimate of drug-likeness (QED) is 0.495. The number of nitriles is 1. The fourth-order valence-corrected chi connectivity index (χ4v) is 2.39. The van der Waals surface area contributed by atoms with Crippen LogP contribution in [0.25, 0.3) is 17.2 Å². The van der Waals surface area contributed by atoms with Gasteiger partial charge >= 0.3 is 0 Å². The van der Waals surface area contributed by atoms with Gasteiger partial charge in [-0.05, 0) is 47.0 Å². The number of benzene rings is 3. The molecule has 0 aliphatic carbocycles. The zero-order valence-corrected chi connectivity index (χ0v) is 13.0. The van der Waals surface area contributed by atoms with Gasteiger partial charge in [0.05, 0.1) is 11.6 Å². The number of hydrogen-bond donors (Lipinski definition) is 0. The summed E-state index contributed by atoms with van der Waals surface area (Å²) >= 11 is 0. The van der Waals surface area contributed by atoms with Crippen molar-refractivity contribution in [2.45, 2.75) is 0 Å². The zero-order chi connectivity index (χ0) is 16.8. The number of ketones is 1. The lowest BCUT2D eigenvalue weighted by molar-refractivity contribution is 0.104. The molecule has 0 saturated heterocycles. The molecular weight excluding hydrogens is 294 g/mol. The minimum atomic E-state index is -0.0772. The molecule has 0 saturated carbocycles. The smallest absolute Gasteiger partial charge is 0.185 e. The monoisotopic (exact) mass is 309 g/mol. The maximum Gasteiger partial charge on any atom is 0.185 e. The van der Waals surface area contributed by atoms with E-state index in [-0.39, 0.29) is 5.78 Å². The van der Waals surface area contributed by atoms with E-state index in [0.717, 1.165) is 11.1 Å². The van der Waals surface area contributed by atoms with Crippen molar-refractivity contribution in [3.8, 4) is 17.2 Å². The van der Waals surface area contributed by atoms with Gasteiger partial charge < -0.3 is 0 Å². The topological polar surface area (TPSA) is 40.9 Å². The Labute approximate surface area is 141 Å². The first-order valence-electron chi connectivity index (χ1n) is 7.64. The molecule has 0 bridgehead atoms. The minimum absolute atomic E-state index is 0.0772. The normalized spacial score (nSPS) is 10.5. The third kappa shape index (κ3) is 3.66. The van der Waals surface area contributed by atoms with E-state index >= 15 is 0 Å². The molecule has 3 rings (SSSR count). The molecule has 0 aliphatic rings. The number of carbonyl (C=O) groups is 1. The first-order valence-corrected chi connectivity index (χ1v) is 7.64. The first-order chi connectivity index (χ1) is 11.8. The summed E-state index contributed by atoms with van der Waals surface area (Å²) in [5, 5.41) is 8.77. The van der Waals surface area contributed by atoms with E-state index in [1.807, 2.05) is 48.5 Å². The second-order valence-corrected chi connectivity index (χ2v) is 5.37. The lowest BCUT2D eigenvalue weighted by Gasteiger charge is -2.02. The number of nitrogens with zero attached hydrogens (tertiary/aromatic N) is 1. The maximum atomic E-state index is 12.1. The van der Waals surface area contributed by atoms with Gasteiger partial charge in [0.15, 0.2) is 5.78 Å². The highest BCUT2D eigenvalue weighted by Crippen LogP contribution is 2.19. The molecule has 0 unspecified atom stereocenters. The summed E-state index contributed by atoms with van der Waals surface area (Å²) < 4.78 is 0. The molecule has 0 aromatic heterocycles. The van der Waals surface area contributed by atoms with Crippen molar-refractivity contribution in [3.63, 3.8) is 0 Å². The van der Waals surface area contributed by atoms with Gasteiger partial charge in [0, 0.05) is 5.56 Å². The highest BCUT2D eigenvalue weighted by Gasteiger charge is 2.02. The second kappa shape index (κ2) is 7.21. The average molecular weight is 309 g/mol. The Kier molecular flexibility index (Phi) is 4.65. The third-order valence-electron chi connectivity index (χ3n) is 3.74. The third-order valence-corrected chi connectivity index (χ3v) is 3.74. The Hall–Kier alpha value is -3.44. The molecule has 0 aliphatic heterocycles. The average Bonchev–Trinajstić information content (AvgIpc) is 2.67. The van der Waals surface area contributed by atoms with Crippen LogP contribution in [0.1, 0.15) is 21.5 Å². The molecule has 0 atom stereocenters. The summed E-state index contributed by atoms with van der Waals surface area (Å²) in [5.41, 5.74) is 4.41. The summed E-state index contributed by atoms with van der Waals surface area (Å²) in [6, 6.07) is 26.9. The van der Waals surface area contributed by atoms with Crippen molar-refractivity contribution in [1.82, 2.24) is 0 Å². The largest absolute Gasteiger partial charge is 0.289 e. The van der Waals surface area contributed by atoms with Gasteiger partial charge in [0.1, 0.15) is 0 Å². The van der Waals surface area contributed by atoms with E-state index in [1.54, 1.807) is 36.4 Å². The number of hydrogen-bond acceptors (Lipinski definition) is 2. The van der Waals surface area contributed by atoms with Crippen LogP contribution in [0.3, 0.4) is 0 Å². The lowest BCUT2D eigenvalue weighted by Crippen LogP contribution is -1.93. The Morgan fingerprint density at radius 3 is 2.04 bits per heavy atom. The first kappa shape index (κ1) is 15.5. The van der Waals surface area contributed by atoms with E-state index in [2.05, 4.69) is 12.1 Å². The summed E-state index contributed by atoms with van der Waals surface area (Å²) in [4.78, 5) is 12.1. The predicted molar refractivity (Wildman–Crippen MR) is 96.4 cm³/mol. The van der Waals surface area contributed by atoms with E-state index in [0.29, 0.717) is 11.1 Å². The van der Waals surface area contributed by atoms with Gasteiger partial charge in [-0.2, -0.15) is 5.26 Å². The number of rotatable bonds is 4. The molecule has 114 valence electrons.